The van der Waals surface area contributed by atoms with Crippen LogP contribution < -0.4 is 10.6 Å². The Morgan fingerprint density at radius 3 is 3.07 bits per heavy atom. The van der Waals surface area contributed by atoms with E-state index in [-0.39, 0.29) is 5.82 Å². The number of aliphatic imine (C=N–C) groups is 1. The monoisotopic (exact) mass is 397 g/mol. The van der Waals surface area contributed by atoms with Gasteiger partial charge in [0.25, 0.3) is 0 Å². The van der Waals surface area contributed by atoms with Crippen molar-refractivity contribution in [3.63, 3.8) is 0 Å². The SMILES string of the molecule is CCNC(=NCc1nnc2n1CCCCC2)NCCc1c[nH]c2ccc(F)cc12. The summed E-state index contributed by atoms with van der Waals surface area (Å²) in [5.74, 6) is 2.54. The van der Waals surface area contributed by atoms with E-state index in [4.69, 9.17) is 4.99 Å². The van der Waals surface area contributed by atoms with Crippen molar-refractivity contribution in [3.05, 3.63) is 47.4 Å². The maximum atomic E-state index is 13.6. The van der Waals surface area contributed by atoms with Crippen molar-refractivity contribution in [2.45, 2.75) is 52.1 Å². The Balaban J connectivity index is 1.39. The molecule has 0 atom stereocenters. The molecular formula is C21H28FN7. The molecule has 0 amide bonds. The number of aryl methyl sites for hydroxylation is 1. The summed E-state index contributed by atoms with van der Waals surface area (Å²) in [6, 6.07) is 4.83. The molecule has 0 spiro atoms. The third-order valence-corrected chi connectivity index (χ3v) is 5.33. The molecule has 1 aliphatic heterocycles. The third kappa shape index (κ3) is 4.58. The van der Waals surface area contributed by atoms with E-state index in [1.807, 2.05) is 13.1 Å². The Hall–Kier alpha value is -2.90. The average molecular weight is 398 g/mol. The predicted molar refractivity (Wildman–Crippen MR) is 112 cm³/mol. The largest absolute Gasteiger partial charge is 0.361 e. The summed E-state index contributed by atoms with van der Waals surface area (Å²) in [6.07, 6.45) is 7.32. The number of aromatic nitrogens is 4. The van der Waals surface area contributed by atoms with E-state index in [0.717, 1.165) is 60.0 Å². The zero-order valence-corrected chi connectivity index (χ0v) is 16.8. The van der Waals surface area contributed by atoms with Gasteiger partial charge >= 0.3 is 0 Å². The highest BCUT2D eigenvalue weighted by Crippen LogP contribution is 2.19. The van der Waals surface area contributed by atoms with Crippen molar-refractivity contribution in [3.8, 4) is 0 Å². The fraction of sp³-hybridized carbons (Fsp3) is 0.476. The zero-order valence-electron chi connectivity index (χ0n) is 16.8. The molecule has 8 heteroatoms. The minimum absolute atomic E-state index is 0.214. The lowest BCUT2D eigenvalue weighted by molar-refractivity contribution is 0.605. The molecule has 0 saturated carbocycles. The quantitative estimate of drug-likeness (QED) is 0.441. The number of H-pyrrole nitrogens is 1. The first-order chi connectivity index (χ1) is 14.2. The summed E-state index contributed by atoms with van der Waals surface area (Å²) in [6.45, 7) is 5.01. The van der Waals surface area contributed by atoms with Crippen molar-refractivity contribution >= 4 is 16.9 Å². The number of nitrogens with one attached hydrogen (secondary N) is 3. The number of benzene rings is 1. The number of aromatic amines is 1. The van der Waals surface area contributed by atoms with Gasteiger partial charge in [-0.25, -0.2) is 9.38 Å². The van der Waals surface area contributed by atoms with E-state index in [1.54, 1.807) is 12.1 Å². The smallest absolute Gasteiger partial charge is 0.191 e. The van der Waals surface area contributed by atoms with Gasteiger partial charge in [-0.05, 0) is 49.9 Å². The molecular weight excluding hydrogens is 369 g/mol. The van der Waals surface area contributed by atoms with Crippen LogP contribution in [0, 0.1) is 5.82 Å². The third-order valence-electron chi connectivity index (χ3n) is 5.33. The fourth-order valence-corrected chi connectivity index (χ4v) is 3.83. The number of halogens is 1. The van der Waals surface area contributed by atoms with E-state index < -0.39 is 0 Å². The second-order valence-electron chi connectivity index (χ2n) is 7.37. The van der Waals surface area contributed by atoms with Crippen molar-refractivity contribution in [1.82, 2.24) is 30.4 Å². The van der Waals surface area contributed by atoms with E-state index in [9.17, 15) is 4.39 Å². The molecule has 2 aromatic heterocycles. The summed E-state index contributed by atoms with van der Waals surface area (Å²) in [4.78, 5) is 7.89. The van der Waals surface area contributed by atoms with Crippen LogP contribution in [0.25, 0.3) is 10.9 Å². The molecule has 0 aliphatic carbocycles. The van der Waals surface area contributed by atoms with Gasteiger partial charge in [-0.1, -0.05) is 6.42 Å². The van der Waals surface area contributed by atoms with Crippen LogP contribution in [0.15, 0.2) is 29.4 Å². The lowest BCUT2D eigenvalue weighted by Crippen LogP contribution is -2.38. The fourth-order valence-electron chi connectivity index (χ4n) is 3.83. The van der Waals surface area contributed by atoms with Gasteiger partial charge in [0.2, 0.25) is 0 Å². The molecule has 1 aliphatic rings. The first kappa shape index (κ1) is 19.4. The lowest BCUT2D eigenvalue weighted by Gasteiger charge is -2.11. The molecule has 3 heterocycles. The Morgan fingerprint density at radius 1 is 1.24 bits per heavy atom. The number of guanidine groups is 1. The van der Waals surface area contributed by atoms with Gasteiger partial charge in [0.05, 0.1) is 0 Å². The van der Waals surface area contributed by atoms with Crippen LogP contribution in [-0.4, -0.2) is 38.8 Å². The van der Waals surface area contributed by atoms with Gasteiger partial charge in [0, 0.05) is 43.2 Å². The summed E-state index contributed by atoms with van der Waals surface area (Å²) in [7, 11) is 0. The van der Waals surface area contributed by atoms with Gasteiger partial charge in [-0.15, -0.1) is 10.2 Å². The first-order valence-electron chi connectivity index (χ1n) is 10.4. The highest BCUT2D eigenvalue weighted by atomic mass is 19.1. The van der Waals surface area contributed by atoms with Gasteiger partial charge in [-0.3, -0.25) is 0 Å². The van der Waals surface area contributed by atoms with Crippen LogP contribution in [0.4, 0.5) is 4.39 Å². The Morgan fingerprint density at radius 2 is 2.17 bits per heavy atom. The van der Waals surface area contributed by atoms with E-state index in [2.05, 4.69) is 30.4 Å². The van der Waals surface area contributed by atoms with Crippen molar-refractivity contribution in [1.29, 1.82) is 0 Å². The molecule has 154 valence electrons. The van der Waals surface area contributed by atoms with Gasteiger partial charge in [0.1, 0.15) is 18.2 Å². The van der Waals surface area contributed by atoms with Crippen LogP contribution in [0.1, 0.15) is 43.4 Å². The molecule has 29 heavy (non-hydrogen) atoms. The second kappa shape index (κ2) is 9.07. The summed E-state index contributed by atoms with van der Waals surface area (Å²) < 4.78 is 15.8. The maximum Gasteiger partial charge on any atom is 0.191 e. The number of fused-ring (bicyclic) bond motifs is 2. The first-order valence-corrected chi connectivity index (χ1v) is 10.4. The van der Waals surface area contributed by atoms with Crippen molar-refractivity contribution in [2.75, 3.05) is 13.1 Å². The van der Waals surface area contributed by atoms with Crippen LogP contribution in [0.2, 0.25) is 0 Å². The van der Waals surface area contributed by atoms with E-state index in [0.29, 0.717) is 13.1 Å². The van der Waals surface area contributed by atoms with Gasteiger partial charge in [0.15, 0.2) is 11.8 Å². The predicted octanol–water partition coefficient (Wildman–Crippen LogP) is 2.92. The summed E-state index contributed by atoms with van der Waals surface area (Å²) in [5, 5.41) is 16.3. The molecule has 0 bridgehead atoms. The van der Waals surface area contributed by atoms with Crippen LogP contribution >= 0.6 is 0 Å². The van der Waals surface area contributed by atoms with Crippen molar-refractivity contribution in [2.24, 2.45) is 4.99 Å². The minimum atomic E-state index is -0.214. The minimum Gasteiger partial charge on any atom is -0.361 e. The summed E-state index contributed by atoms with van der Waals surface area (Å²) in [5.41, 5.74) is 2.04. The number of nitrogens with zero attached hydrogens (tertiary/aromatic N) is 4. The second-order valence-corrected chi connectivity index (χ2v) is 7.37. The standard InChI is InChI=1S/C21H28FN7/c1-2-23-21(26-14-20-28-27-19-6-4-3-5-11-29(19)20)24-10-9-15-13-25-18-8-7-16(22)12-17(15)18/h7-8,12-13,25H,2-6,9-11,14H2,1H3,(H2,23,24,26). The van der Waals surface area contributed by atoms with Gasteiger partial charge in [-0.2, -0.15) is 0 Å². The van der Waals surface area contributed by atoms with Gasteiger partial charge < -0.3 is 20.2 Å². The molecule has 3 aromatic rings. The van der Waals surface area contributed by atoms with Crippen LogP contribution in [0.5, 0.6) is 0 Å². The lowest BCUT2D eigenvalue weighted by atomic mass is 10.1. The topological polar surface area (TPSA) is 82.9 Å². The average Bonchev–Trinajstić information content (AvgIpc) is 3.21. The number of hydrogen-bond donors (Lipinski definition) is 3. The Labute approximate surface area is 169 Å². The number of rotatable bonds is 6. The molecule has 0 fully saturated rings. The Kier molecular flexibility index (Phi) is 6.07. The molecule has 4 rings (SSSR count). The molecule has 0 radical (unpaired) electrons. The molecule has 7 nitrogen and oxygen atoms in total. The van der Waals surface area contributed by atoms with Crippen LogP contribution in [-0.2, 0) is 25.9 Å². The maximum absolute atomic E-state index is 13.6. The molecule has 0 unspecified atom stereocenters. The number of hydrogen-bond acceptors (Lipinski definition) is 3. The molecule has 3 N–H and O–H groups in total. The Bertz CT molecular complexity index is 988. The zero-order chi connectivity index (χ0) is 20.1. The van der Waals surface area contributed by atoms with Crippen LogP contribution in [0.3, 0.4) is 0 Å². The van der Waals surface area contributed by atoms with E-state index >= 15 is 0 Å². The summed E-state index contributed by atoms with van der Waals surface area (Å²) >= 11 is 0. The highest BCUT2D eigenvalue weighted by Gasteiger charge is 2.14. The normalized spacial score (nSPS) is 14.6. The highest BCUT2D eigenvalue weighted by molar-refractivity contribution is 5.83. The molecule has 0 saturated heterocycles. The molecule has 1 aromatic carbocycles. The van der Waals surface area contributed by atoms with Crippen molar-refractivity contribution < 1.29 is 4.39 Å². The van der Waals surface area contributed by atoms with E-state index in [1.165, 1.54) is 25.3 Å².